The van der Waals surface area contributed by atoms with E-state index in [0.717, 1.165) is 18.4 Å². The van der Waals surface area contributed by atoms with E-state index < -0.39 is 0 Å². The van der Waals surface area contributed by atoms with Gasteiger partial charge in [-0.05, 0) is 18.4 Å². The number of anilines is 1. The van der Waals surface area contributed by atoms with Crippen LogP contribution in [0.4, 0.5) is 5.82 Å². The fourth-order valence-corrected chi connectivity index (χ4v) is 2.59. The molecule has 0 saturated carbocycles. The summed E-state index contributed by atoms with van der Waals surface area (Å²) >= 11 is 0. The van der Waals surface area contributed by atoms with Gasteiger partial charge in [0.1, 0.15) is 11.6 Å². The van der Waals surface area contributed by atoms with Gasteiger partial charge in [-0.3, -0.25) is 4.79 Å². The summed E-state index contributed by atoms with van der Waals surface area (Å²) in [6, 6.07) is 11.4. The average Bonchev–Trinajstić information content (AvgIpc) is 2.41. The van der Waals surface area contributed by atoms with Crippen molar-refractivity contribution < 1.29 is 0 Å². The van der Waals surface area contributed by atoms with E-state index in [9.17, 15) is 4.79 Å². The molecule has 0 fully saturated rings. The number of aromatic nitrogens is 2. The van der Waals surface area contributed by atoms with Gasteiger partial charge in [-0.15, -0.1) is 0 Å². The van der Waals surface area contributed by atoms with Gasteiger partial charge < -0.3 is 10.7 Å². The van der Waals surface area contributed by atoms with E-state index in [0.29, 0.717) is 5.82 Å². The van der Waals surface area contributed by atoms with E-state index in [1.807, 2.05) is 18.2 Å². The van der Waals surface area contributed by atoms with Crippen molar-refractivity contribution in [2.75, 3.05) is 5.73 Å². The molecule has 1 aromatic carbocycles. The summed E-state index contributed by atoms with van der Waals surface area (Å²) in [5.41, 5.74) is 6.36. The topological polar surface area (TPSA) is 71.8 Å². The second-order valence-electron chi connectivity index (χ2n) is 4.67. The van der Waals surface area contributed by atoms with Gasteiger partial charge in [0.2, 0.25) is 0 Å². The lowest BCUT2D eigenvalue weighted by Gasteiger charge is -2.31. The Balaban J connectivity index is 2.66. The summed E-state index contributed by atoms with van der Waals surface area (Å²) < 4.78 is 0. The van der Waals surface area contributed by atoms with Gasteiger partial charge in [0.05, 0.1) is 5.41 Å². The predicted octanol–water partition coefficient (Wildman–Crippen LogP) is 2.46. The monoisotopic (exact) mass is 257 g/mol. The van der Waals surface area contributed by atoms with E-state index in [-0.39, 0.29) is 16.8 Å². The van der Waals surface area contributed by atoms with Gasteiger partial charge in [0, 0.05) is 6.07 Å². The largest absolute Gasteiger partial charge is 0.383 e. The number of aromatic amines is 1. The van der Waals surface area contributed by atoms with Crippen molar-refractivity contribution in [2.45, 2.75) is 32.1 Å². The van der Waals surface area contributed by atoms with Crippen LogP contribution in [0.3, 0.4) is 0 Å². The Labute approximate surface area is 112 Å². The molecule has 3 N–H and O–H groups in total. The Bertz CT molecular complexity index is 600. The van der Waals surface area contributed by atoms with E-state index in [4.69, 9.17) is 5.73 Å². The molecule has 19 heavy (non-hydrogen) atoms. The molecule has 4 nitrogen and oxygen atoms in total. The minimum atomic E-state index is -0.296. The normalized spacial score (nSPS) is 11.5. The summed E-state index contributed by atoms with van der Waals surface area (Å²) in [5.74, 6) is 0.912. The van der Waals surface area contributed by atoms with Crippen LogP contribution < -0.4 is 11.3 Å². The van der Waals surface area contributed by atoms with Crippen LogP contribution in [0.5, 0.6) is 0 Å². The molecule has 0 aliphatic carbocycles. The minimum absolute atomic E-state index is 0.204. The number of benzene rings is 1. The lowest BCUT2D eigenvalue weighted by Crippen LogP contribution is -2.31. The van der Waals surface area contributed by atoms with Crippen LogP contribution in [0.25, 0.3) is 0 Å². The number of rotatable bonds is 4. The standard InChI is InChI=1S/C15H19N3O/c1-3-15(4-2,11-8-6-5-7-9-11)14-17-12(16)10-13(19)18-14/h5-10H,3-4H2,1-2H3,(H3,16,17,18,19). The van der Waals surface area contributed by atoms with Crippen molar-refractivity contribution in [1.82, 2.24) is 9.97 Å². The van der Waals surface area contributed by atoms with Crippen LogP contribution >= 0.6 is 0 Å². The van der Waals surface area contributed by atoms with Crippen molar-refractivity contribution in [3.63, 3.8) is 0 Å². The quantitative estimate of drug-likeness (QED) is 0.883. The molecule has 0 amide bonds. The highest BCUT2D eigenvalue weighted by Crippen LogP contribution is 2.36. The molecular formula is C15H19N3O. The first-order valence-corrected chi connectivity index (χ1v) is 6.55. The second-order valence-corrected chi connectivity index (χ2v) is 4.67. The maximum Gasteiger partial charge on any atom is 0.252 e. The first-order valence-electron chi connectivity index (χ1n) is 6.55. The molecule has 0 atom stereocenters. The molecule has 0 bridgehead atoms. The van der Waals surface area contributed by atoms with Gasteiger partial charge in [0.15, 0.2) is 0 Å². The van der Waals surface area contributed by atoms with E-state index in [1.54, 1.807) is 0 Å². The number of nitrogens with one attached hydrogen (secondary N) is 1. The number of nitrogen functional groups attached to an aromatic ring is 1. The third kappa shape index (κ3) is 2.38. The fourth-order valence-electron chi connectivity index (χ4n) is 2.59. The second kappa shape index (κ2) is 5.26. The van der Waals surface area contributed by atoms with Crippen molar-refractivity contribution in [2.24, 2.45) is 0 Å². The minimum Gasteiger partial charge on any atom is -0.383 e. The summed E-state index contributed by atoms with van der Waals surface area (Å²) in [6.07, 6.45) is 1.69. The Morgan fingerprint density at radius 2 is 1.84 bits per heavy atom. The average molecular weight is 257 g/mol. The molecular weight excluding hydrogens is 238 g/mol. The van der Waals surface area contributed by atoms with E-state index >= 15 is 0 Å². The highest BCUT2D eigenvalue weighted by atomic mass is 16.1. The highest BCUT2D eigenvalue weighted by molar-refractivity contribution is 5.35. The number of hydrogen-bond acceptors (Lipinski definition) is 3. The van der Waals surface area contributed by atoms with Crippen LogP contribution in [0, 0.1) is 0 Å². The molecule has 2 aromatic rings. The fraction of sp³-hybridized carbons (Fsp3) is 0.333. The van der Waals surface area contributed by atoms with Crippen LogP contribution in [0.2, 0.25) is 0 Å². The zero-order chi connectivity index (χ0) is 13.9. The number of nitrogens with two attached hydrogens (primary N) is 1. The zero-order valence-electron chi connectivity index (χ0n) is 11.3. The van der Waals surface area contributed by atoms with Crippen molar-refractivity contribution in [1.29, 1.82) is 0 Å². The summed E-state index contributed by atoms with van der Waals surface area (Å²) in [5, 5.41) is 0. The Morgan fingerprint density at radius 3 is 2.37 bits per heavy atom. The molecule has 0 spiro atoms. The molecule has 4 heteroatoms. The third-order valence-electron chi connectivity index (χ3n) is 3.75. The van der Waals surface area contributed by atoms with E-state index in [2.05, 4.69) is 35.9 Å². The lowest BCUT2D eigenvalue weighted by atomic mass is 9.75. The first kappa shape index (κ1) is 13.3. The predicted molar refractivity (Wildman–Crippen MR) is 77.1 cm³/mol. The van der Waals surface area contributed by atoms with Gasteiger partial charge in [-0.25, -0.2) is 4.98 Å². The molecule has 0 unspecified atom stereocenters. The molecule has 0 aliphatic heterocycles. The first-order chi connectivity index (χ1) is 9.12. The van der Waals surface area contributed by atoms with E-state index in [1.165, 1.54) is 6.07 Å². The SMILES string of the molecule is CCC(CC)(c1ccccc1)c1nc(N)cc(=O)[nH]1. The maximum atomic E-state index is 11.6. The molecule has 1 aromatic heterocycles. The number of H-pyrrole nitrogens is 1. The molecule has 0 saturated heterocycles. The summed E-state index contributed by atoms with van der Waals surface area (Å²) in [4.78, 5) is 18.8. The zero-order valence-corrected chi connectivity index (χ0v) is 11.3. The summed E-state index contributed by atoms with van der Waals surface area (Å²) in [7, 11) is 0. The number of nitrogens with zero attached hydrogens (tertiary/aromatic N) is 1. The van der Waals surface area contributed by atoms with Gasteiger partial charge in [-0.1, -0.05) is 44.2 Å². The Hall–Kier alpha value is -2.10. The van der Waals surface area contributed by atoms with Crippen LogP contribution in [0.1, 0.15) is 38.1 Å². The van der Waals surface area contributed by atoms with Crippen LogP contribution in [0.15, 0.2) is 41.2 Å². The molecule has 1 heterocycles. The highest BCUT2D eigenvalue weighted by Gasteiger charge is 2.33. The van der Waals surface area contributed by atoms with Gasteiger partial charge in [-0.2, -0.15) is 0 Å². The maximum absolute atomic E-state index is 11.6. The lowest BCUT2D eigenvalue weighted by molar-refractivity contribution is 0.448. The Morgan fingerprint density at radius 1 is 1.21 bits per heavy atom. The molecule has 2 rings (SSSR count). The van der Waals surface area contributed by atoms with Crippen molar-refractivity contribution in [3.8, 4) is 0 Å². The van der Waals surface area contributed by atoms with Gasteiger partial charge >= 0.3 is 0 Å². The van der Waals surface area contributed by atoms with Crippen molar-refractivity contribution >= 4 is 5.82 Å². The van der Waals surface area contributed by atoms with Crippen molar-refractivity contribution in [3.05, 3.63) is 58.1 Å². The third-order valence-corrected chi connectivity index (χ3v) is 3.75. The smallest absolute Gasteiger partial charge is 0.252 e. The molecule has 0 radical (unpaired) electrons. The molecule has 0 aliphatic rings. The summed E-state index contributed by atoms with van der Waals surface area (Å²) in [6.45, 7) is 4.19. The van der Waals surface area contributed by atoms with Gasteiger partial charge in [0.25, 0.3) is 5.56 Å². The molecule has 100 valence electrons. The van der Waals surface area contributed by atoms with Crippen LogP contribution in [-0.4, -0.2) is 9.97 Å². The number of hydrogen-bond donors (Lipinski definition) is 2. The van der Waals surface area contributed by atoms with Crippen LogP contribution in [-0.2, 0) is 5.41 Å². The Kier molecular flexibility index (Phi) is 3.69.